The van der Waals surface area contributed by atoms with Crippen molar-refractivity contribution in [2.45, 2.75) is 10.4 Å². The standard InChI is InChI=1S/C11H8F3NO3S/c1-17-8-4-7(19-11(12,13)14)3-6(5-15)9(8)10(16)18-2/h3-4H,1-2H3. The molecular weight excluding hydrogens is 283 g/mol. The van der Waals surface area contributed by atoms with Crippen molar-refractivity contribution in [3.63, 3.8) is 0 Å². The highest BCUT2D eigenvalue weighted by atomic mass is 32.2. The molecule has 0 aliphatic rings. The Balaban J connectivity index is 3.37. The number of esters is 1. The summed E-state index contributed by atoms with van der Waals surface area (Å²) in [6.07, 6.45) is 0. The highest BCUT2D eigenvalue weighted by Gasteiger charge is 2.31. The van der Waals surface area contributed by atoms with E-state index in [0.717, 1.165) is 19.2 Å². The first-order valence-electron chi connectivity index (χ1n) is 4.78. The molecule has 4 nitrogen and oxygen atoms in total. The first-order valence-corrected chi connectivity index (χ1v) is 5.60. The molecule has 0 amide bonds. The van der Waals surface area contributed by atoms with Gasteiger partial charge in [-0.1, -0.05) is 0 Å². The summed E-state index contributed by atoms with van der Waals surface area (Å²) in [6, 6.07) is 3.65. The maximum absolute atomic E-state index is 12.3. The van der Waals surface area contributed by atoms with Crippen molar-refractivity contribution in [2.75, 3.05) is 14.2 Å². The van der Waals surface area contributed by atoms with Crippen LogP contribution in [-0.2, 0) is 4.74 Å². The number of halogens is 3. The minimum absolute atomic E-state index is 0.141. The van der Waals surface area contributed by atoms with Crippen LogP contribution in [0.5, 0.6) is 5.75 Å². The number of hydrogen-bond donors (Lipinski definition) is 0. The van der Waals surface area contributed by atoms with Gasteiger partial charge in [-0.15, -0.1) is 0 Å². The molecule has 1 aromatic carbocycles. The SMILES string of the molecule is COC(=O)c1c(C#N)cc(SC(F)(F)F)cc1OC. The van der Waals surface area contributed by atoms with Gasteiger partial charge in [-0.3, -0.25) is 0 Å². The number of methoxy groups -OCH3 is 2. The Morgan fingerprint density at radius 2 is 2.00 bits per heavy atom. The summed E-state index contributed by atoms with van der Waals surface area (Å²) in [5.74, 6) is -0.991. The number of benzene rings is 1. The minimum Gasteiger partial charge on any atom is -0.496 e. The molecule has 8 heteroatoms. The average molecular weight is 291 g/mol. The first-order chi connectivity index (χ1) is 8.82. The van der Waals surface area contributed by atoms with E-state index >= 15 is 0 Å². The molecule has 0 saturated heterocycles. The molecule has 0 saturated carbocycles. The van der Waals surface area contributed by atoms with Gasteiger partial charge in [0.1, 0.15) is 17.4 Å². The second-order valence-electron chi connectivity index (χ2n) is 3.20. The topological polar surface area (TPSA) is 59.3 Å². The van der Waals surface area contributed by atoms with Crippen molar-refractivity contribution >= 4 is 17.7 Å². The first kappa shape index (κ1) is 15.2. The van der Waals surface area contributed by atoms with E-state index in [1.54, 1.807) is 6.07 Å². The van der Waals surface area contributed by atoms with Crippen LogP contribution in [0.25, 0.3) is 0 Å². The van der Waals surface area contributed by atoms with Crippen LogP contribution in [0, 0.1) is 11.3 Å². The maximum atomic E-state index is 12.3. The molecule has 1 aromatic rings. The van der Waals surface area contributed by atoms with Crippen molar-refractivity contribution in [1.82, 2.24) is 0 Å². The zero-order valence-electron chi connectivity index (χ0n) is 9.87. The van der Waals surface area contributed by atoms with E-state index in [1.165, 1.54) is 7.11 Å². The van der Waals surface area contributed by atoms with Crippen molar-refractivity contribution in [3.8, 4) is 11.8 Å². The van der Waals surface area contributed by atoms with Crippen LogP contribution in [0.3, 0.4) is 0 Å². The summed E-state index contributed by atoms with van der Waals surface area (Å²) in [5, 5.41) is 8.90. The van der Waals surface area contributed by atoms with Crippen LogP contribution < -0.4 is 4.74 Å². The van der Waals surface area contributed by atoms with Gasteiger partial charge in [-0.25, -0.2) is 4.79 Å². The molecular formula is C11H8F3NO3S. The number of nitriles is 1. The lowest BCUT2D eigenvalue weighted by molar-refractivity contribution is -0.0328. The van der Waals surface area contributed by atoms with Gasteiger partial charge in [0.25, 0.3) is 0 Å². The Bertz CT molecular complexity index is 537. The fourth-order valence-electron chi connectivity index (χ4n) is 1.34. The Morgan fingerprint density at radius 3 is 2.42 bits per heavy atom. The van der Waals surface area contributed by atoms with Crippen LogP contribution in [0.2, 0.25) is 0 Å². The maximum Gasteiger partial charge on any atom is 0.446 e. The third-order valence-corrected chi connectivity index (χ3v) is 2.74. The Morgan fingerprint density at radius 1 is 1.37 bits per heavy atom. The molecule has 0 radical (unpaired) electrons. The number of nitrogens with zero attached hydrogens (tertiary/aromatic N) is 1. The summed E-state index contributed by atoms with van der Waals surface area (Å²) in [4.78, 5) is 11.2. The van der Waals surface area contributed by atoms with Gasteiger partial charge in [-0.2, -0.15) is 18.4 Å². The van der Waals surface area contributed by atoms with Crippen LogP contribution >= 0.6 is 11.8 Å². The Labute approximate surface area is 111 Å². The highest BCUT2D eigenvalue weighted by molar-refractivity contribution is 8.00. The average Bonchev–Trinajstić information content (AvgIpc) is 2.34. The zero-order valence-corrected chi connectivity index (χ0v) is 10.7. The van der Waals surface area contributed by atoms with Gasteiger partial charge in [0.15, 0.2) is 0 Å². The summed E-state index contributed by atoms with van der Waals surface area (Å²) < 4.78 is 46.2. The largest absolute Gasteiger partial charge is 0.496 e. The van der Waals surface area contributed by atoms with Crippen LogP contribution in [0.4, 0.5) is 13.2 Å². The van der Waals surface area contributed by atoms with E-state index in [4.69, 9.17) is 10.00 Å². The summed E-state index contributed by atoms with van der Waals surface area (Å²) >= 11 is -0.395. The minimum atomic E-state index is -4.50. The highest BCUT2D eigenvalue weighted by Crippen LogP contribution is 2.39. The smallest absolute Gasteiger partial charge is 0.446 e. The van der Waals surface area contributed by atoms with Crippen molar-refractivity contribution in [1.29, 1.82) is 5.26 Å². The molecule has 0 aliphatic carbocycles. The number of ether oxygens (including phenoxy) is 2. The lowest BCUT2D eigenvalue weighted by atomic mass is 10.1. The molecule has 19 heavy (non-hydrogen) atoms. The Hall–Kier alpha value is -1.88. The van der Waals surface area contributed by atoms with Gasteiger partial charge in [-0.05, 0) is 23.9 Å². The lowest BCUT2D eigenvalue weighted by Gasteiger charge is -2.12. The van der Waals surface area contributed by atoms with E-state index in [2.05, 4.69) is 4.74 Å². The number of alkyl halides is 3. The van der Waals surface area contributed by atoms with Gasteiger partial charge in [0.05, 0.1) is 19.8 Å². The van der Waals surface area contributed by atoms with Crippen molar-refractivity contribution in [2.24, 2.45) is 0 Å². The molecule has 0 fully saturated rings. The zero-order chi connectivity index (χ0) is 14.6. The van der Waals surface area contributed by atoms with Crippen molar-refractivity contribution in [3.05, 3.63) is 23.3 Å². The monoisotopic (exact) mass is 291 g/mol. The fraction of sp³-hybridized carbons (Fsp3) is 0.273. The third-order valence-electron chi connectivity index (χ3n) is 2.04. The fourth-order valence-corrected chi connectivity index (χ4v) is 1.95. The van der Waals surface area contributed by atoms with Gasteiger partial charge >= 0.3 is 11.5 Å². The number of thioether (sulfide) groups is 1. The number of carbonyl (C=O) groups excluding carboxylic acids is 1. The number of rotatable bonds is 3. The molecule has 0 unspecified atom stereocenters. The molecule has 0 atom stereocenters. The van der Waals surface area contributed by atoms with Gasteiger partial charge < -0.3 is 9.47 Å². The Kier molecular flexibility index (Phi) is 4.67. The molecule has 0 spiro atoms. The van der Waals surface area contributed by atoms with Crippen molar-refractivity contribution < 1.29 is 27.4 Å². The second kappa shape index (κ2) is 5.84. The van der Waals surface area contributed by atoms with E-state index < -0.39 is 23.2 Å². The molecule has 0 aromatic heterocycles. The third kappa shape index (κ3) is 3.79. The number of carbonyl (C=O) groups is 1. The quantitative estimate of drug-likeness (QED) is 0.633. The molecule has 0 heterocycles. The molecule has 0 bridgehead atoms. The van der Waals surface area contributed by atoms with Crippen LogP contribution in [-0.4, -0.2) is 25.7 Å². The van der Waals surface area contributed by atoms with Crippen LogP contribution in [0.1, 0.15) is 15.9 Å². The van der Waals surface area contributed by atoms with E-state index in [0.29, 0.717) is 0 Å². The molecule has 0 aliphatic heterocycles. The normalized spacial score (nSPS) is 10.7. The van der Waals surface area contributed by atoms with E-state index in [1.807, 2.05) is 0 Å². The summed E-state index contributed by atoms with van der Waals surface area (Å²) in [5.41, 5.74) is -4.93. The molecule has 102 valence electrons. The second-order valence-corrected chi connectivity index (χ2v) is 4.34. The van der Waals surface area contributed by atoms with Gasteiger partial charge in [0.2, 0.25) is 0 Å². The van der Waals surface area contributed by atoms with E-state index in [-0.39, 0.29) is 21.8 Å². The lowest BCUT2D eigenvalue weighted by Crippen LogP contribution is -2.08. The summed E-state index contributed by atoms with van der Waals surface area (Å²) in [6.45, 7) is 0. The number of hydrogen-bond acceptors (Lipinski definition) is 5. The molecule has 0 N–H and O–H groups in total. The van der Waals surface area contributed by atoms with E-state index in [9.17, 15) is 18.0 Å². The van der Waals surface area contributed by atoms with Gasteiger partial charge in [0, 0.05) is 4.90 Å². The summed E-state index contributed by atoms with van der Waals surface area (Å²) in [7, 11) is 2.28. The predicted octanol–water partition coefficient (Wildman–Crippen LogP) is 2.97. The predicted molar refractivity (Wildman–Crippen MR) is 61.0 cm³/mol. The molecule has 1 rings (SSSR count). The van der Waals surface area contributed by atoms with Crippen LogP contribution in [0.15, 0.2) is 17.0 Å².